The van der Waals surface area contributed by atoms with Gasteiger partial charge in [-0.25, -0.2) is 0 Å². The van der Waals surface area contributed by atoms with Gasteiger partial charge < -0.3 is 4.90 Å². The molecule has 0 rings (SSSR count). The van der Waals surface area contributed by atoms with Crippen molar-refractivity contribution in [1.82, 2.24) is 4.90 Å². The van der Waals surface area contributed by atoms with E-state index in [9.17, 15) is 4.79 Å². The first-order valence-corrected chi connectivity index (χ1v) is 8.18. The molecule has 0 aliphatic carbocycles. The van der Waals surface area contributed by atoms with Crippen LogP contribution in [0.1, 0.15) is 78.6 Å². The summed E-state index contributed by atoms with van der Waals surface area (Å²) in [5.41, 5.74) is 0. The van der Waals surface area contributed by atoms with Crippen LogP contribution in [0.2, 0.25) is 0 Å². The molecular weight excluding hydrogens is 234 g/mol. The highest BCUT2D eigenvalue weighted by Crippen LogP contribution is 2.06. The maximum atomic E-state index is 12.2. The van der Waals surface area contributed by atoms with Gasteiger partial charge in [0, 0.05) is 19.5 Å². The van der Waals surface area contributed by atoms with Gasteiger partial charge in [-0.2, -0.15) is 0 Å². The summed E-state index contributed by atoms with van der Waals surface area (Å²) < 4.78 is 0. The van der Waals surface area contributed by atoms with Crippen LogP contribution in [0.15, 0.2) is 12.2 Å². The van der Waals surface area contributed by atoms with E-state index in [4.69, 9.17) is 0 Å². The number of hydrogen-bond acceptors (Lipinski definition) is 1. The third-order valence-electron chi connectivity index (χ3n) is 3.34. The van der Waals surface area contributed by atoms with Gasteiger partial charge in [0.2, 0.25) is 5.91 Å². The normalized spacial score (nSPS) is 11.1. The van der Waals surface area contributed by atoms with Crippen molar-refractivity contribution in [3.63, 3.8) is 0 Å². The summed E-state index contributed by atoms with van der Waals surface area (Å²) in [6.45, 7) is 8.44. The minimum absolute atomic E-state index is 0.341. The van der Waals surface area contributed by atoms with Crippen molar-refractivity contribution in [2.45, 2.75) is 78.6 Å². The Morgan fingerprint density at radius 3 is 1.95 bits per heavy atom. The van der Waals surface area contributed by atoms with Crippen molar-refractivity contribution in [1.29, 1.82) is 0 Å². The monoisotopic (exact) mass is 267 g/mol. The Kier molecular flexibility index (Phi) is 13.1. The van der Waals surface area contributed by atoms with E-state index in [1.165, 1.54) is 25.7 Å². The third kappa shape index (κ3) is 10.8. The lowest BCUT2D eigenvalue weighted by molar-refractivity contribution is -0.131. The minimum Gasteiger partial charge on any atom is -0.343 e. The van der Waals surface area contributed by atoms with Crippen LogP contribution in [0.4, 0.5) is 0 Å². The molecule has 0 unspecified atom stereocenters. The molecule has 0 aromatic carbocycles. The molecule has 0 atom stereocenters. The lowest BCUT2D eigenvalue weighted by atomic mass is 10.2. The molecule has 0 saturated heterocycles. The number of allylic oxidation sites excluding steroid dienone is 2. The van der Waals surface area contributed by atoms with Gasteiger partial charge in [0.15, 0.2) is 0 Å². The van der Waals surface area contributed by atoms with E-state index in [1.807, 2.05) is 0 Å². The topological polar surface area (TPSA) is 20.3 Å². The molecule has 2 nitrogen and oxygen atoms in total. The molecule has 0 bridgehead atoms. The number of hydrogen-bond donors (Lipinski definition) is 0. The number of nitrogens with zero attached hydrogens (tertiary/aromatic N) is 1. The van der Waals surface area contributed by atoms with Crippen LogP contribution in [-0.2, 0) is 4.79 Å². The van der Waals surface area contributed by atoms with Crippen LogP contribution in [-0.4, -0.2) is 23.9 Å². The number of carbonyl (C=O) groups excluding carboxylic acids is 1. The lowest BCUT2D eigenvalue weighted by Gasteiger charge is -2.22. The summed E-state index contributed by atoms with van der Waals surface area (Å²) in [5.74, 6) is 0.341. The number of carbonyl (C=O) groups is 1. The van der Waals surface area contributed by atoms with Crippen molar-refractivity contribution in [3.8, 4) is 0 Å². The molecule has 0 aromatic rings. The highest BCUT2D eigenvalue weighted by molar-refractivity contribution is 5.76. The fourth-order valence-corrected chi connectivity index (χ4v) is 2.12. The Balaban J connectivity index is 4.04. The summed E-state index contributed by atoms with van der Waals surface area (Å²) in [5, 5.41) is 0. The molecular formula is C17H33NO. The summed E-state index contributed by atoms with van der Waals surface area (Å²) in [4.78, 5) is 14.3. The maximum absolute atomic E-state index is 12.2. The van der Waals surface area contributed by atoms with Gasteiger partial charge in [0.25, 0.3) is 0 Å². The summed E-state index contributed by atoms with van der Waals surface area (Å²) in [7, 11) is 0. The highest BCUT2D eigenvalue weighted by Gasteiger charge is 2.11. The summed E-state index contributed by atoms with van der Waals surface area (Å²) >= 11 is 0. The maximum Gasteiger partial charge on any atom is 0.222 e. The van der Waals surface area contributed by atoms with Crippen molar-refractivity contribution in [3.05, 3.63) is 12.2 Å². The Hall–Kier alpha value is -0.790. The highest BCUT2D eigenvalue weighted by atomic mass is 16.2. The Bertz CT molecular complexity index is 225. The molecule has 0 saturated carbocycles. The minimum atomic E-state index is 0.341. The van der Waals surface area contributed by atoms with Crippen LogP contribution in [0, 0.1) is 0 Å². The van der Waals surface area contributed by atoms with Gasteiger partial charge in [0.05, 0.1) is 0 Å². The van der Waals surface area contributed by atoms with E-state index in [0.29, 0.717) is 12.3 Å². The van der Waals surface area contributed by atoms with Crippen molar-refractivity contribution < 1.29 is 4.79 Å². The van der Waals surface area contributed by atoms with E-state index in [1.54, 1.807) is 0 Å². The molecule has 0 aliphatic heterocycles. The smallest absolute Gasteiger partial charge is 0.222 e. The lowest BCUT2D eigenvalue weighted by Crippen LogP contribution is -2.32. The van der Waals surface area contributed by atoms with Crippen molar-refractivity contribution in [2.24, 2.45) is 0 Å². The van der Waals surface area contributed by atoms with Gasteiger partial charge in [0.1, 0.15) is 0 Å². The second kappa shape index (κ2) is 13.6. The number of unbranched alkanes of at least 4 members (excludes halogenated alkanes) is 4. The first-order chi connectivity index (χ1) is 9.26. The number of rotatable bonds is 12. The molecule has 0 N–H and O–H groups in total. The molecule has 2 heteroatoms. The predicted molar refractivity (Wildman–Crippen MR) is 84.3 cm³/mol. The first kappa shape index (κ1) is 18.2. The largest absolute Gasteiger partial charge is 0.343 e. The zero-order chi connectivity index (χ0) is 14.3. The van der Waals surface area contributed by atoms with Gasteiger partial charge in [-0.15, -0.1) is 0 Å². The van der Waals surface area contributed by atoms with Crippen LogP contribution in [0.3, 0.4) is 0 Å². The summed E-state index contributed by atoms with van der Waals surface area (Å²) in [6, 6.07) is 0. The SMILES string of the molecule is CC/C=C/CCC(=O)N(CCCCC)CCCCC. The second-order valence-electron chi connectivity index (χ2n) is 5.21. The number of amides is 1. The van der Waals surface area contributed by atoms with Crippen molar-refractivity contribution >= 4 is 5.91 Å². The molecule has 19 heavy (non-hydrogen) atoms. The first-order valence-electron chi connectivity index (χ1n) is 8.18. The quantitative estimate of drug-likeness (QED) is 0.362. The standard InChI is InChI=1S/C17H33NO/c1-4-7-10-11-14-17(19)18(15-12-8-5-2)16-13-9-6-3/h7,10H,4-6,8-9,11-16H2,1-3H3/b10-7+. The molecule has 0 spiro atoms. The Morgan fingerprint density at radius 1 is 0.895 bits per heavy atom. The van der Waals surface area contributed by atoms with Crippen molar-refractivity contribution in [2.75, 3.05) is 13.1 Å². The van der Waals surface area contributed by atoms with E-state index >= 15 is 0 Å². The molecule has 112 valence electrons. The zero-order valence-electron chi connectivity index (χ0n) is 13.3. The molecule has 0 fully saturated rings. The van der Waals surface area contributed by atoms with Crippen LogP contribution in [0.25, 0.3) is 0 Å². The van der Waals surface area contributed by atoms with Gasteiger partial charge >= 0.3 is 0 Å². The second-order valence-corrected chi connectivity index (χ2v) is 5.21. The average molecular weight is 267 g/mol. The predicted octanol–water partition coefficient (Wildman–Crippen LogP) is 4.94. The van der Waals surface area contributed by atoms with Gasteiger partial charge in [-0.3, -0.25) is 4.79 Å². The van der Waals surface area contributed by atoms with E-state index in [2.05, 4.69) is 37.8 Å². The molecule has 0 radical (unpaired) electrons. The van der Waals surface area contributed by atoms with Crippen LogP contribution in [0.5, 0.6) is 0 Å². The van der Waals surface area contributed by atoms with Crippen LogP contribution >= 0.6 is 0 Å². The zero-order valence-corrected chi connectivity index (χ0v) is 13.3. The van der Waals surface area contributed by atoms with E-state index in [0.717, 1.165) is 38.8 Å². The molecule has 1 amide bonds. The molecule has 0 heterocycles. The van der Waals surface area contributed by atoms with E-state index < -0.39 is 0 Å². The van der Waals surface area contributed by atoms with E-state index in [-0.39, 0.29) is 0 Å². The average Bonchev–Trinajstić information content (AvgIpc) is 2.42. The fraction of sp³-hybridized carbons (Fsp3) is 0.824. The van der Waals surface area contributed by atoms with Gasteiger partial charge in [-0.05, 0) is 25.7 Å². The Labute approximate surface area is 120 Å². The summed E-state index contributed by atoms with van der Waals surface area (Å²) in [6.07, 6.45) is 14.1. The molecule has 0 aliphatic rings. The third-order valence-corrected chi connectivity index (χ3v) is 3.34. The van der Waals surface area contributed by atoms with Crippen LogP contribution < -0.4 is 0 Å². The fourth-order valence-electron chi connectivity index (χ4n) is 2.12. The molecule has 0 aromatic heterocycles. The Morgan fingerprint density at radius 2 is 1.47 bits per heavy atom. The van der Waals surface area contributed by atoms with Gasteiger partial charge in [-0.1, -0.05) is 58.6 Å².